The van der Waals surface area contributed by atoms with E-state index in [4.69, 9.17) is 9.47 Å². The minimum Gasteiger partial charge on any atom is -0.435 e. The van der Waals surface area contributed by atoms with Crippen molar-refractivity contribution in [1.82, 2.24) is 20.0 Å². The summed E-state index contributed by atoms with van der Waals surface area (Å²) in [6, 6.07) is 12.1. The van der Waals surface area contributed by atoms with Crippen LogP contribution in [0.15, 0.2) is 48.5 Å². The highest BCUT2D eigenvalue weighted by molar-refractivity contribution is 5.74. The summed E-state index contributed by atoms with van der Waals surface area (Å²) in [6.45, 7) is 5.10. The number of aromatic nitrogens is 2. The van der Waals surface area contributed by atoms with Gasteiger partial charge in [-0.2, -0.15) is 5.10 Å². The van der Waals surface area contributed by atoms with Crippen molar-refractivity contribution in [3.63, 3.8) is 0 Å². The lowest BCUT2D eigenvalue weighted by Crippen LogP contribution is -2.41. The fourth-order valence-corrected chi connectivity index (χ4v) is 3.34. The van der Waals surface area contributed by atoms with E-state index in [0.717, 1.165) is 12.1 Å². The average molecular weight is 459 g/mol. The van der Waals surface area contributed by atoms with Crippen molar-refractivity contribution in [2.24, 2.45) is 0 Å². The number of methoxy groups -OCH3 is 1. The molecule has 2 aromatic carbocycles. The van der Waals surface area contributed by atoms with Gasteiger partial charge >= 0.3 is 6.03 Å². The number of para-hydroxylation sites is 1. The standard InChI is InChI=1S/C24H28F2N4O3/c1-4-21-19(16-29(13-14-32-3)24(31)27-5-2)23(30(28-21)18-9-7-6-8-10-18)33-22-12-11-17(25)15-20(22)26/h6-12,15H,4-5,13-14,16H2,1-3H3,(H,27,31). The number of nitrogens with one attached hydrogen (secondary N) is 1. The Morgan fingerprint density at radius 2 is 1.91 bits per heavy atom. The van der Waals surface area contributed by atoms with Crippen LogP contribution in [0.5, 0.6) is 11.6 Å². The van der Waals surface area contributed by atoms with Crippen LogP contribution in [-0.2, 0) is 17.7 Å². The molecule has 2 amide bonds. The highest BCUT2D eigenvalue weighted by atomic mass is 19.1. The third-order valence-electron chi connectivity index (χ3n) is 4.99. The van der Waals surface area contributed by atoms with Crippen molar-refractivity contribution in [3.8, 4) is 17.3 Å². The van der Waals surface area contributed by atoms with Crippen LogP contribution in [-0.4, -0.2) is 47.5 Å². The molecule has 1 aromatic heterocycles. The van der Waals surface area contributed by atoms with Crippen LogP contribution in [0.3, 0.4) is 0 Å². The third kappa shape index (κ3) is 5.87. The number of aryl methyl sites for hydroxylation is 1. The lowest BCUT2D eigenvalue weighted by Gasteiger charge is -2.23. The minimum absolute atomic E-state index is 0.140. The summed E-state index contributed by atoms with van der Waals surface area (Å²) in [7, 11) is 1.56. The topological polar surface area (TPSA) is 68.6 Å². The Bertz CT molecular complexity index is 1070. The Morgan fingerprint density at radius 1 is 1.15 bits per heavy atom. The number of carbonyl (C=O) groups excluding carboxylic acids is 1. The molecule has 0 aliphatic heterocycles. The van der Waals surface area contributed by atoms with Gasteiger partial charge in [0.15, 0.2) is 11.6 Å². The van der Waals surface area contributed by atoms with Gasteiger partial charge in [-0.1, -0.05) is 25.1 Å². The third-order valence-corrected chi connectivity index (χ3v) is 4.99. The fraction of sp³-hybridized carbons (Fsp3) is 0.333. The van der Waals surface area contributed by atoms with Gasteiger partial charge in [0, 0.05) is 26.3 Å². The Morgan fingerprint density at radius 3 is 2.55 bits per heavy atom. The average Bonchev–Trinajstić information content (AvgIpc) is 3.16. The number of hydrogen-bond acceptors (Lipinski definition) is 4. The Balaban J connectivity index is 2.10. The zero-order chi connectivity index (χ0) is 23.8. The maximum absolute atomic E-state index is 14.5. The number of amides is 2. The molecule has 0 bridgehead atoms. The monoisotopic (exact) mass is 458 g/mol. The highest BCUT2D eigenvalue weighted by Crippen LogP contribution is 2.33. The summed E-state index contributed by atoms with van der Waals surface area (Å²) in [6.07, 6.45) is 0.560. The van der Waals surface area contributed by atoms with Crippen LogP contribution in [0.2, 0.25) is 0 Å². The van der Waals surface area contributed by atoms with Gasteiger partial charge < -0.3 is 19.7 Å². The maximum Gasteiger partial charge on any atom is 0.317 e. The molecule has 0 aliphatic rings. The van der Waals surface area contributed by atoms with Gasteiger partial charge in [0.25, 0.3) is 0 Å². The van der Waals surface area contributed by atoms with E-state index in [2.05, 4.69) is 10.4 Å². The van der Waals surface area contributed by atoms with Gasteiger partial charge in [-0.25, -0.2) is 18.3 Å². The molecule has 176 valence electrons. The van der Waals surface area contributed by atoms with E-state index in [1.807, 2.05) is 44.2 Å². The molecule has 0 saturated heterocycles. The smallest absolute Gasteiger partial charge is 0.317 e. The van der Waals surface area contributed by atoms with Gasteiger partial charge in [-0.15, -0.1) is 0 Å². The molecular formula is C24H28F2N4O3. The molecule has 9 heteroatoms. The van der Waals surface area contributed by atoms with Gasteiger partial charge in [0.1, 0.15) is 5.82 Å². The lowest BCUT2D eigenvalue weighted by molar-refractivity contribution is 0.146. The van der Waals surface area contributed by atoms with E-state index in [-0.39, 0.29) is 24.2 Å². The first-order chi connectivity index (χ1) is 16.0. The molecular weight excluding hydrogens is 430 g/mol. The van der Waals surface area contributed by atoms with E-state index >= 15 is 0 Å². The van der Waals surface area contributed by atoms with Crippen LogP contribution in [0.25, 0.3) is 5.69 Å². The minimum atomic E-state index is -0.834. The second kappa shape index (κ2) is 11.4. The van der Waals surface area contributed by atoms with Crippen LogP contribution >= 0.6 is 0 Å². The number of urea groups is 1. The van der Waals surface area contributed by atoms with E-state index in [9.17, 15) is 13.6 Å². The molecule has 3 rings (SSSR count). The molecule has 0 fully saturated rings. The summed E-state index contributed by atoms with van der Waals surface area (Å²) in [5, 5.41) is 7.48. The zero-order valence-corrected chi connectivity index (χ0v) is 19.0. The van der Waals surface area contributed by atoms with Crippen LogP contribution in [0, 0.1) is 11.6 Å². The number of ether oxygens (including phenoxy) is 2. The summed E-state index contributed by atoms with van der Waals surface area (Å²) in [4.78, 5) is 14.3. The van der Waals surface area contributed by atoms with Crippen LogP contribution in [0.1, 0.15) is 25.1 Å². The quantitative estimate of drug-likeness (QED) is 0.479. The second-order valence-corrected chi connectivity index (χ2v) is 7.26. The molecule has 0 atom stereocenters. The van der Waals surface area contributed by atoms with Gasteiger partial charge in [0.2, 0.25) is 5.88 Å². The van der Waals surface area contributed by atoms with Crippen molar-refractivity contribution in [3.05, 3.63) is 71.4 Å². The number of nitrogens with zero attached hydrogens (tertiary/aromatic N) is 3. The lowest BCUT2D eigenvalue weighted by atomic mass is 10.2. The van der Waals surface area contributed by atoms with Crippen molar-refractivity contribution < 1.29 is 23.0 Å². The first-order valence-corrected chi connectivity index (χ1v) is 10.8. The second-order valence-electron chi connectivity index (χ2n) is 7.26. The van der Waals surface area contributed by atoms with E-state index < -0.39 is 11.6 Å². The van der Waals surface area contributed by atoms with Gasteiger partial charge in [-0.3, -0.25) is 0 Å². The number of halogens is 2. The molecule has 0 radical (unpaired) electrons. The number of carbonyl (C=O) groups is 1. The van der Waals surface area contributed by atoms with Crippen molar-refractivity contribution >= 4 is 6.03 Å². The van der Waals surface area contributed by atoms with Crippen LogP contribution in [0.4, 0.5) is 13.6 Å². The molecule has 33 heavy (non-hydrogen) atoms. The Labute approximate surface area is 191 Å². The highest BCUT2D eigenvalue weighted by Gasteiger charge is 2.25. The zero-order valence-electron chi connectivity index (χ0n) is 19.0. The normalized spacial score (nSPS) is 10.8. The molecule has 0 saturated carbocycles. The SMILES string of the molecule is CCNC(=O)N(CCOC)Cc1c(CC)nn(-c2ccccc2)c1Oc1ccc(F)cc1F. The molecule has 1 N–H and O–H groups in total. The van der Waals surface area contributed by atoms with Crippen molar-refractivity contribution in [1.29, 1.82) is 0 Å². The summed E-state index contributed by atoms with van der Waals surface area (Å²) in [5.41, 5.74) is 2.04. The maximum atomic E-state index is 14.5. The Hall–Kier alpha value is -3.46. The van der Waals surface area contributed by atoms with E-state index in [1.165, 1.54) is 6.07 Å². The fourth-order valence-electron chi connectivity index (χ4n) is 3.34. The molecule has 7 nitrogen and oxygen atoms in total. The first-order valence-electron chi connectivity index (χ1n) is 10.8. The predicted molar refractivity (Wildman–Crippen MR) is 121 cm³/mol. The Kier molecular flexibility index (Phi) is 8.37. The summed E-state index contributed by atoms with van der Waals surface area (Å²) >= 11 is 0. The van der Waals surface area contributed by atoms with E-state index in [0.29, 0.717) is 43.1 Å². The molecule has 0 spiro atoms. The molecule has 0 unspecified atom stereocenters. The predicted octanol–water partition coefficient (Wildman–Crippen LogP) is 4.68. The van der Waals surface area contributed by atoms with E-state index in [1.54, 1.807) is 16.7 Å². The number of benzene rings is 2. The largest absolute Gasteiger partial charge is 0.435 e. The van der Waals surface area contributed by atoms with Gasteiger partial charge in [0.05, 0.1) is 30.1 Å². The van der Waals surface area contributed by atoms with Crippen LogP contribution < -0.4 is 10.1 Å². The molecule has 1 heterocycles. The van der Waals surface area contributed by atoms with Gasteiger partial charge in [-0.05, 0) is 37.6 Å². The molecule has 0 aliphatic carbocycles. The van der Waals surface area contributed by atoms with Crippen molar-refractivity contribution in [2.45, 2.75) is 26.8 Å². The molecule has 3 aromatic rings. The number of rotatable bonds is 10. The van der Waals surface area contributed by atoms with Crippen molar-refractivity contribution in [2.75, 3.05) is 26.8 Å². The summed E-state index contributed by atoms with van der Waals surface area (Å²) < 4.78 is 40.6. The number of hydrogen-bond donors (Lipinski definition) is 1. The first kappa shape index (κ1) is 24.2. The summed E-state index contributed by atoms with van der Waals surface area (Å²) in [5.74, 6) is -1.42.